The van der Waals surface area contributed by atoms with E-state index in [2.05, 4.69) is 6.58 Å². The van der Waals surface area contributed by atoms with Gasteiger partial charge in [0, 0.05) is 18.7 Å². The lowest BCUT2D eigenvalue weighted by atomic mass is 9.99. The van der Waals surface area contributed by atoms with Crippen LogP contribution in [0.3, 0.4) is 0 Å². The van der Waals surface area contributed by atoms with Gasteiger partial charge >= 0.3 is 0 Å². The predicted molar refractivity (Wildman–Crippen MR) is 118 cm³/mol. The number of amides is 1. The number of likely N-dealkylation sites (tertiary alicyclic amines) is 1. The van der Waals surface area contributed by atoms with Crippen LogP contribution in [0, 0.1) is 10.1 Å². The maximum Gasteiger partial charge on any atom is 0.286 e. The lowest BCUT2D eigenvalue weighted by Gasteiger charge is -2.36. The molecule has 9 heteroatoms. The van der Waals surface area contributed by atoms with Crippen molar-refractivity contribution in [2.24, 2.45) is 0 Å². The summed E-state index contributed by atoms with van der Waals surface area (Å²) < 4.78 is 10.4. The highest BCUT2D eigenvalue weighted by atomic mass is 28.4. The van der Waals surface area contributed by atoms with Crippen LogP contribution in [-0.2, 0) is 0 Å². The van der Waals surface area contributed by atoms with Crippen LogP contribution in [0.2, 0.25) is 18.1 Å². The lowest BCUT2D eigenvalue weighted by Crippen LogP contribution is -2.41. The zero-order valence-electron chi connectivity index (χ0n) is 18.7. The number of nitro benzene ring substituents is 1. The van der Waals surface area contributed by atoms with Gasteiger partial charge in [0.05, 0.1) is 25.2 Å². The Kier molecular flexibility index (Phi) is 6.98. The van der Waals surface area contributed by atoms with E-state index in [0.717, 1.165) is 12.0 Å². The first-order valence-electron chi connectivity index (χ1n) is 9.92. The third kappa shape index (κ3) is 4.84. The number of carbonyl (C=O) groups is 1. The average Bonchev–Trinajstić information content (AvgIpc) is 3.04. The molecule has 0 bridgehead atoms. The summed E-state index contributed by atoms with van der Waals surface area (Å²) in [5.74, 6) is 0.0276. The Bertz CT molecular complexity index is 847. The van der Waals surface area contributed by atoms with Crippen molar-refractivity contribution in [1.29, 1.82) is 0 Å². The highest BCUT2D eigenvalue weighted by Gasteiger charge is 2.40. The monoisotopic (exact) mass is 436 g/mol. The molecule has 0 saturated carbocycles. The van der Waals surface area contributed by atoms with Crippen molar-refractivity contribution in [3.8, 4) is 11.5 Å². The Morgan fingerprint density at radius 1 is 1.33 bits per heavy atom. The minimum Gasteiger partial charge on any atom is -0.493 e. The Labute approximate surface area is 178 Å². The quantitative estimate of drug-likeness (QED) is 0.284. The van der Waals surface area contributed by atoms with Gasteiger partial charge in [0.25, 0.3) is 11.6 Å². The molecule has 1 aromatic rings. The van der Waals surface area contributed by atoms with E-state index in [1.165, 1.54) is 26.4 Å². The van der Waals surface area contributed by atoms with E-state index in [0.29, 0.717) is 19.4 Å². The standard InChI is InChI=1S/C21H32N2O6Si/c1-14-10-15(8-9-21(2,3)30(6,7)27)22(13-14)20(24)16-11-18(28-4)19(29-5)12-17(16)23(25)26/h11-12,15,27H,1,8-10,13H2,2-7H3/t15-/m1/s1. The van der Waals surface area contributed by atoms with Gasteiger partial charge in [-0.15, -0.1) is 0 Å². The molecule has 1 heterocycles. The maximum absolute atomic E-state index is 13.4. The maximum atomic E-state index is 13.4. The molecule has 0 aliphatic carbocycles. The fraction of sp³-hybridized carbons (Fsp3) is 0.571. The van der Waals surface area contributed by atoms with Crippen molar-refractivity contribution in [3.05, 3.63) is 40.0 Å². The first-order valence-corrected chi connectivity index (χ1v) is 12.9. The SMILES string of the molecule is C=C1C[C@@H](CCC(C)(C)[Si](C)(C)O)N(C(=O)c2cc(OC)c(OC)cc2[N+](=O)[O-])C1. The first-order chi connectivity index (χ1) is 13.8. The number of hydrogen-bond acceptors (Lipinski definition) is 6. The fourth-order valence-electron chi connectivity index (χ4n) is 3.55. The number of rotatable bonds is 8. The van der Waals surface area contributed by atoms with E-state index >= 15 is 0 Å². The normalized spacial score (nSPS) is 17.2. The molecule has 30 heavy (non-hydrogen) atoms. The van der Waals surface area contributed by atoms with Crippen molar-refractivity contribution in [2.75, 3.05) is 20.8 Å². The van der Waals surface area contributed by atoms with Gasteiger partial charge in [0.1, 0.15) is 5.56 Å². The molecule has 0 radical (unpaired) electrons. The molecular formula is C21H32N2O6Si. The molecule has 0 unspecified atom stereocenters. The molecule has 8 nitrogen and oxygen atoms in total. The Morgan fingerprint density at radius 2 is 1.90 bits per heavy atom. The van der Waals surface area contributed by atoms with Crippen LogP contribution in [0.5, 0.6) is 11.5 Å². The number of hydrogen-bond donors (Lipinski definition) is 1. The zero-order valence-corrected chi connectivity index (χ0v) is 19.7. The van der Waals surface area contributed by atoms with Gasteiger partial charge in [0.2, 0.25) is 0 Å². The minimum atomic E-state index is -2.38. The van der Waals surface area contributed by atoms with Gasteiger partial charge in [-0.1, -0.05) is 26.0 Å². The molecule has 1 amide bonds. The molecule has 0 spiro atoms. The summed E-state index contributed by atoms with van der Waals surface area (Å²) in [5.41, 5.74) is 0.557. The molecule has 0 aromatic heterocycles. The molecular weight excluding hydrogens is 404 g/mol. The van der Waals surface area contributed by atoms with Crippen molar-refractivity contribution < 1.29 is 24.0 Å². The van der Waals surface area contributed by atoms with Gasteiger partial charge in [-0.3, -0.25) is 14.9 Å². The summed E-state index contributed by atoms with van der Waals surface area (Å²) in [5, 5.41) is 11.4. The van der Waals surface area contributed by atoms with Crippen LogP contribution in [0.1, 0.15) is 43.5 Å². The highest BCUT2D eigenvalue weighted by Crippen LogP contribution is 2.42. The summed E-state index contributed by atoms with van der Waals surface area (Å²) in [7, 11) is 0.425. The number of ether oxygens (including phenoxy) is 2. The second kappa shape index (κ2) is 8.77. The van der Waals surface area contributed by atoms with Crippen LogP contribution in [0.15, 0.2) is 24.3 Å². The molecule has 166 valence electrons. The number of methoxy groups -OCH3 is 2. The van der Waals surface area contributed by atoms with Crippen molar-refractivity contribution in [3.63, 3.8) is 0 Å². The zero-order chi connectivity index (χ0) is 22.9. The van der Waals surface area contributed by atoms with Gasteiger partial charge in [0.15, 0.2) is 19.8 Å². The molecule has 1 aliphatic rings. The summed E-state index contributed by atoms with van der Waals surface area (Å²) in [6.45, 7) is 12.3. The van der Waals surface area contributed by atoms with E-state index in [4.69, 9.17) is 9.47 Å². The van der Waals surface area contributed by atoms with E-state index in [1.54, 1.807) is 4.90 Å². The summed E-state index contributed by atoms with van der Waals surface area (Å²) in [6, 6.07) is 2.47. The Balaban J connectivity index is 2.36. The number of nitrogens with zero attached hydrogens (tertiary/aromatic N) is 2. The predicted octanol–water partition coefficient (Wildman–Crippen LogP) is 4.14. The van der Waals surface area contributed by atoms with Gasteiger partial charge in [-0.2, -0.15) is 0 Å². The van der Waals surface area contributed by atoms with E-state index in [-0.39, 0.29) is 33.8 Å². The Morgan fingerprint density at radius 3 is 2.40 bits per heavy atom. The third-order valence-electron chi connectivity index (χ3n) is 6.31. The molecule has 1 N–H and O–H groups in total. The first kappa shape index (κ1) is 23.9. The number of carbonyl (C=O) groups excluding carboxylic acids is 1. The fourth-order valence-corrected chi connectivity index (χ4v) is 4.31. The Hall–Kier alpha value is -2.39. The summed E-state index contributed by atoms with van der Waals surface area (Å²) in [6.07, 6.45) is 2.09. The topological polar surface area (TPSA) is 102 Å². The van der Waals surface area contributed by atoms with Crippen molar-refractivity contribution in [2.45, 2.75) is 57.3 Å². The number of benzene rings is 1. The smallest absolute Gasteiger partial charge is 0.286 e. The molecule has 1 atom stereocenters. The van der Waals surface area contributed by atoms with E-state index in [9.17, 15) is 19.7 Å². The summed E-state index contributed by atoms with van der Waals surface area (Å²) in [4.78, 5) is 36.6. The lowest BCUT2D eigenvalue weighted by molar-refractivity contribution is -0.385. The summed E-state index contributed by atoms with van der Waals surface area (Å²) >= 11 is 0. The molecule has 1 saturated heterocycles. The van der Waals surface area contributed by atoms with Gasteiger partial charge < -0.3 is 19.2 Å². The molecule has 2 rings (SSSR count). The molecule has 1 aliphatic heterocycles. The van der Waals surface area contributed by atoms with Crippen LogP contribution in [0.4, 0.5) is 5.69 Å². The third-order valence-corrected chi connectivity index (χ3v) is 9.87. The van der Waals surface area contributed by atoms with Crippen LogP contribution >= 0.6 is 0 Å². The molecule has 1 aromatic carbocycles. The van der Waals surface area contributed by atoms with E-state index in [1.807, 2.05) is 26.9 Å². The minimum absolute atomic E-state index is 0.0338. The highest BCUT2D eigenvalue weighted by molar-refractivity contribution is 6.72. The van der Waals surface area contributed by atoms with Gasteiger partial charge in [-0.05, 0) is 37.4 Å². The number of nitro groups is 1. The van der Waals surface area contributed by atoms with Crippen molar-refractivity contribution in [1.82, 2.24) is 4.90 Å². The average molecular weight is 437 g/mol. The van der Waals surface area contributed by atoms with Crippen molar-refractivity contribution >= 4 is 19.9 Å². The largest absolute Gasteiger partial charge is 0.493 e. The van der Waals surface area contributed by atoms with Gasteiger partial charge in [-0.25, -0.2) is 0 Å². The second-order valence-electron chi connectivity index (χ2n) is 9.00. The van der Waals surface area contributed by atoms with E-state index < -0.39 is 19.1 Å². The second-order valence-corrected chi connectivity index (χ2v) is 13.5. The van der Waals surface area contributed by atoms with Crippen LogP contribution in [0.25, 0.3) is 0 Å². The van der Waals surface area contributed by atoms with Crippen LogP contribution in [-0.4, -0.2) is 55.6 Å². The van der Waals surface area contributed by atoms with Crippen LogP contribution < -0.4 is 9.47 Å². The molecule has 1 fully saturated rings.